The molecule has 0 aliphatic carbocycles. The molecule has 17 heavy (non-hydrogen) atoms. The number of hydrogen-bond acceptors (Lipinski definition) is 3. The van der Waals surface area contributed by atoms with Crippen LogP contribution in [0.25, 0.3) is 0 Å². The van der Waals surface area contributed by atoms with Crippen LogP contribution in [0.2, 0.25) is 0 Å². The van der Waals surface area contributed by atoms with Crippen LogP contribution in [0.3, 0.4) is 0 Å². The number of nitrogens with zero attached hydrogens (tertiary/aromatic N) is 1. The Labute approximate surface area is 99.5 Å². The highest BCUT2D eigenvalue weighted by atomic mass is 16.3. The lowest BCUT2D eigenvalue weighted by atomic mass is 9.93. The van der Waals surface area contributed by atoms with Crippen molar-refractivity contribution in [2.75, 3.05) is 5.32 Å². The van der Waals surface area contributed by atoms with Crippen LogP contribution in [0.4, 0.5) is 5.69 Å². The molecule has 1 atom stereocenters. The summed E-state index contributed by atoms with van der Waals surface area (Å²) in [5.74, 6) is 0. The normalized spacial score (nSPS) is 21.7. The molecule has 1 heterocycles. The Hall–Kier alpha value is -2.13. The minimum atomic E-state index is -1.29. The van der Waals surface area contributed by atoms with Crippen LogP contribution in [-0.2, 0) is 5.72 Å². The van der Waals surface area contributed by atoms with E-state index in [2.05, 4.69) is 10.3 Å². The average Bonchev–Trinajstić information content (AvgIpc) is 2.40. The third kappa shape index (κ3) is 1.52. The Morgan fingerprint density at radius 1 is 0.941 bits per heavy atom. The molecule has 1 aliphatic rings. The Morgan fingerprint density at radius 2 is 1.65 bits per heavy atom. The first-order valence-corrected chi connectivity index (χ1v) is 5.48. The SMILES string of the molecule is OC1(c2ccccc2)N=CNc2ccccc21. The van der Waals surface area contributed by atoms with Gasteiger partial charge in [-0.05, 0) is 6.07 Å². The fourth-order valence-corrected chi connectivity index (χ4v) is 2.08. The van der Waals surface area contributed by atoms with Crippen molar-refractivity contribution < 1.29 is 5.11 Å². The fraction of sp³-hybridized carbons (Fsp3) is 0.0714. The smallest absolute Gasteiger partial charge is 0.212 e. The van der Waals surface area contributed by atoms with Gasteiger partial charge in [-0.3, -0.25) is 0 Å². The molecule has 3 rings (SSSR count). The van der Waals surface area contributed by atoms with Gasteiger partial charge in [0.25, 0.3) is 0 Å². The van der Waals surface area contributed by atoms with Gasteiger partial charge in [-0.1, -0.05) is 48.5 Å². The zero-order valence-electron chi connectivity index (χ0n) is 9.17. The standard InChI is InChI=1S/C14H12N2O/c17-14(11-6-2-1-3-7-11)12-8-4-5-9-13(12)15-10-16-14/h1-10,17H,(H,15,16). The lowest BCUT2D eigenvalue weighted by molar-refractivity contribution is 0.0915. The van der Waals surface area contributed by atoms with Crippen LogP contribution in [0.5, 0.6) is 0 Å². The zero-order valence-corrected chi connectivity index (χ0v) is 9.17. The van der Waals surface area contributed by atoms with Crippen LogP contribution in [0.15, 0.2) is 59.6 Å². The van der Waals surface area contributed by atoms with E-state index in [1.165, 1.54) is 6.34 Å². The minimum absolute atomic E-state index is 0.769. The van der Waals surface area contributed by atoms with Crippen LogP contribution in [-0.4, -0.2) is 11.4 Å². The van der Waals surface area contributed by atoms with Gasteiger partial charge in [0.15, 0.2) is 0 Å². The van der Waals surface area contributed by atoms with Crippen molar-refractivity contribution >= 4 is 12.0 Å². The molecule has 0 saturated carbocycles. The van der Waals surface area contributed by atoms with Gasteiger partial charge in [0, 0.05) is 16.8 Å². The predicted molar refractivity (Wildman–Crippen MR) is 68.0 cm³/mol. The highest BCUT2D eigenvalue weighted by molar-refractivity contribution is 5.81. The van der Waals surface area contributed by atoms with Gasteiger partial charge in [-0.15, -0.1) is 0 Å². The second-order valence-corrected chi connectivity index (χ2v) is 3.99. The van der Waals surface area contributed by atoms with Crippen molar-refractivity contribution in [3.8, 4) is 0 Å². The van der Waals surface area contributed by atoms with E-state index in [1.54, 1.807) is 0 Å². The summed E-state index contributed by atoms with van der Waals surface area (Å²) in [7, 11) is 0. The minimum Gasteiger partial charge on any atom is -0.362 e. The third-order valence-electron chi connectivity index (χ3n) is 2.95. The quantitative estimate of drug-likeness (QED) is 0.780. The molecular formula is C14H12N2O. The van der Waals surface area contributed by atoms with E-state index in [-0.39, 0.29) is 0 Å². The third-order valence-corrected chi connectivity index (χ3v) is 2.95. The van der Waals surface area contributed by atoms with Crippen molar-refractivity contribution in [3.05, 3.63) is 65.7 Å². The number of rotatable bonds is 1. The van der Waals surface area contributed by atoms with Gasteiger partial charge >= 0.3 is 0 Å². The topological polar surface area (TPSA) is 44.6 Å². The molecule has 2 aromatic rings. The molecule has 3 heteroatoms. The Kier molecular flexibility index (Phi) is 2.20. The Morgan fingerprint density at radius 3 is 2.47 bits per heavy atom. The number of hydrogen-bond donors (Lipinski definition) is 2. The Balaban J connectivity index is 2.20. The number of anilines is 1. The van der Waals surface area contributed by atoms with Crippen LogP contribution in [0, 0.1) is 0 Å². The van der Waals surface area contributed by atoms with Crippen LogP contribution >= 0.6 is 0 Å². The van der Waals surface area contributed by atoms with Gasteiger partial charge in [-0.2, -0.15) is 0 Å². The summed E-state index contributed by atoms with van der Waals surface area (Å²) in [6.45, 7) is 0. The molecule has 3 nitrogen and oxygen atoms in total. The molecule has 1 aliphatic heterocycles. The van der Waals surface area contributed by atoms with Crippen molar-refractivity contribution in [1.82, 2.24) is 0 Å². The first kappa shape index (κ1) is 10.1. The summed E-state index contributed by atoms with van der Waals surface area (Å²) in [6, 6.07) is 17.1. The van der Waals surface area contributed by atoms with E-state index >= 15 is 0 Å². The maximum atomic E-state index is 10.8. The van der Waals surface area contributed by atoms with E-state index in [0.717, 1.165) is 16.8 Å². The van der Waals surface area contributed by atoms with E-state index < -0.39 is 5.72 Å². The van der Waals surface area contributed by atoms with E-state index in [9.17, 15) is 5.11 Å². The maximum Gasteiger partial charge on any atom is 0.212 e. The molecule has 84 valence electrons. The molecule has 0 bridgehead atoms. The number of benzene rings is 2. The van der Waals surface area contributed by atoms with Crippen LogP contribution in [0.1, 0.15) is 11.1 Å². The average molecular weight is 224 g/mol. The van der Waals surface area contributed by atoms with Gasteiger partial charge in [0.05, 0.1) is 6.34 Å². The first-order valence-electron chi connectivity index (χ1n) is 5.48. The largest absolute Gasteiger partial charge is 0.362 e. The zero-order chi connectivity index (χ0) is 11.7. The van der Waals surface area contributed by atoms with Gasteiger partial charge < -0.3 is 10.4 Å². The molecule has 2 aromatic carbocycles. The molecule has 1 unspecified atom stereocenters. The van der Waals surface area contributed by atoms with Gasteiger partial charge in [0.2, 0.25) is 5.72 Å². The van der Waals surface area contributed by atoms with Crippen molar-refractivity contribution in [3.63, 3.8) is 0 Å². The monoisotopic (exact) mass is 224 g/mol. The van der Waals surface area contributed by atoms with Crippen molar-refractivity contribution in [2.45, 2.75) is 5.72 Å². The molecule has 0 amide bonds. The molecule has 0 fully saturated rings. The summed E-state index contributed by atoms with van der Waals surface area (Å²) < 4.78 is 0. The lowest BCUT2D eigenvalue weighted by Crippen LogP contribution is -2.30. The second-order valence-electron chi connectivity index (χ2n) is 3.99. The highest BCUT2D eigenvalue weighted by Gasteiger charge is 2.34. The summed E-state index contributed by atoms with van der Waals surface area (Å²) >= 11 is 0. The molecule has 2 N–H and O–H groups in total. The highest BCUT2D eigenvalue weighted by Crippen LogP contribution is 2.37. The number of fused-ring (bicyclic) bond motifs is 1. The number of para-hydroxylation sites is 1. The van der Waals surface area contributed by atoms with Gasteiger partial charge in [0.1, 0.15) is 0 Å². The predicted octanol–water partition coefficient (Wildman–Crippen LogP) is 2.33. The Bertz CT molecular complexity index is 565. The number of aliphatic imine (C=N–C) groups is 1. The summed E-state index contributed by atoms with van der Waals surface area (Å²) in [5, 5.41) is 13.8. The molecule has 0 spiro atoms. The number of nitrogens with one attached hydrogen (secondary N) is 1. The van der Waals surface area contributed by atoms with E-state index in [1.807, 2.05) is 54.6 Å². The second kappa shape index (κ2) is 3.71. The number of aliphatic hydroxyl groups is 1. The molecule has 0 saturated heterocycles. The van der Waals surface area contributed by atoms with Crippen LogP contribution < -0.4 is 5.32 Å². The summed E-state index contributed by atoms with van der Waals surface area (Å²) in [4.78, 5) is 4.19. The molecular weight excluding hydrogens is 212 g/mol. The van der Waals surface area contributed by atoms with E-state index in [4.69, 9.17) is 0 Å². The fourth-order valence-electron chi connectivity index (χ4n) is 2.08. The van der Waals surface area contributed by atoms with Crippen molar-refractivity contribution in [1.29, 1.82) is 0 Å². The van der Waals surface area contributed by atoms with E-state index in [0.29, 0.717) is 0 Å². The lowest BCUT2D eigenvalue weighted by Gasteiger charge is -2.29. The maximum absolute atomic E-state index is 10.8. The summed E-state index contributed by atoms with van der Waals surface area (Å²) in [6.07, 6.45) is 1.54. The first-order chi connectivity index (χ1) is 8.31. The van der Waals surface area contributed by atoms with Crippen molar-refractivity contribution in [2.24, 2.45) is 4.99 Å². The van der Waals surface area contributed by atoms with Gasteiger partial charge in [-0.25, -0.2) is 4.99 Å². The summed E-state index contributed by atoms with van der Waals surface area (Å²) in [5.41, 5.74) is 1.14. The molecule has 0 radical (unpaired) electrons. The molecule has 0 aromatic heterocycles.